The number of oxazole rings is 1. The summed E-state index contributed by atoms with van der Waals surface area (Å²) in [5.41, 5.74) is 0. The van der Waals surface area contributed by atoms with Gasteiger partial charge < -0.3 is 14.6 Å². The van der Waals surface area contributed by atoms with Crippen LogP contribution in [0.4, 0.5) is 0 Å². The lowest BCUT2D eigenvalue weighted by Gasteiger charge is -2.23. The molecule has 0 aliphatic carbocycles. The van der Waals surface area contributed by atoms with E-state index >= 15 is 0 Å². The number of nitrogens with zero attached hydrogens (tertiary/aromatic N) is 2. The molecule has 0 spiro atoms. The first kappa shape index (κ1) is 15.7. The molecule has 3 heterocycles. The molecule has 1 aliphatic rings. The molecule has 0 bridgehead atoms. The van der Waals surface area contributed by atoms with Crippen LogP contribution in [0.1, 0.15) is 29.4 Å². The Morgan fingerprint density at radius 3 is 3.09 bits per heavy atom. The van der Waals surface area contributed by atoms with Crippen molar-refractivity contribution in [3.63, 3.8) is 0 Å². The minimum Gasteiger partial charge on any atom is -0.444 e. The molecule has 122 valence electrons. The summed E-state index contributed by atoms with van der Waals surface area (Å²) in [6, 6.07) is 3.48. The summed E-state index contributed by atoms with van der Waals surface area (Å²) >= 11 is 1.56. The van der Waals surface area contributed by atoms with Gasteiger partial charge in [0.05, 0.1) is 19.2 Å². The van der Waals surface area contributed by atoms with Crippen molar-refractivity contribution in [2.45, 2.75) is 38.8 Å². The van der Waals surface area contributed by atoms with Crippen molar-refractivity contribution in [2.75, 3.05) is 6.54 Å². The maximum atomic E-state index is 12.4. The first-order chi connectivity index (χ1) is 11.1. The Morgan fingerprint density at radius 2 is 2.39 bits per heavy atom. The van der Waals surface area contributed by atoms with E-state index in [0.29, 0.717) is 31.0 Å². The minimum absolute atomic E-state index is 0.0112. The van der Waals surface area contributed by atoms with Crippen molar-refractivity contribution in [2.24, 2.45) is 0 Å². The molecule has 7 heteroatoms. The van der Waals surface area contributed by atoms with E-state index in [1.54, 1.807) is 29.4 Å². The zero-order valence-corrected chi connectivity index (χ0v) is 13.8. The van der Waals surface area contributed by atoms with Crippen molar-refractivity contribution in [1.82, 2.24) is 15.2 Å². The smallest absolute Gasteiger partial charge is 0.243 e. The van der Waals surface area contributed by atoms with Crippen molar-refractivity contribution >= 4 is 23.2 Å². The van der Waals surface area contributed by atoms with E-state index in [9.17, 15) is 9.59 Å². The molecule has 23 heavy (non-hydrogen) atoms. The van der Waals surface area contributed by atoms with Crippen LogP contribution in [0.3, 0.4) is 0 Å². The predicted molar refractivity (Wildman–Crippen MR) is 85.8 cm³/mol. The minimum atomic E-state index is -0.390. The highest BCUT2D eigenvalue weighted by Gasteiger charge is 2.33. The van der Waals surface area contributed by atoms with Crippen molar-refractivity contribution in [3.05, 3.63) is 40.2 Å². The molecule has 0 radical (unpaired) electrons. The van der Waals surface area contributed by atoms with E-state index in [0.717, 1.165) is 11.3 Å². The summed E-state index contributed by atoms with van der Waals surface area (Å²) < 4.78 is 5.34. The molecule has 1 N–H and O–H groups in total. The van der Waals surface area contributed by atoms with Gasteiger partial charge in [-0.1, -0.05) is 6.07 Å². The summed E-state index contributed by atoms with van der Waals surface area (Å²) in [5.74, 6) is 1.06. The molecule has 0 unspecified atom stereocenters. The number of carbonyl (C=O) groups is 2. The molecular formula is C16H19N3O3S. The van der Waals surface area contributed by atoms with Crippen LogP contribution in [-0.4, -0.2) is 34.3 Å². The SMILES string of the molecule is Cc1cnc(CNC(=O)[C@H]2CCCN2C(=O)Cc2cccs2)o1. The van der Waals surface area contributed by atoms with E-state index in [4.69, 9.17) is 4.42 Å². The molecule has 2 amide bonds. The summed E-state index contributed by atoms with van der Waals surface area (Å²) in [6.45, 7) is 2.69. The summed E-state index contributed by atoms with van der Waals surface area (Å²) in [7, 11) is 0. The molecule has 1 fully saturated rings. The van der Waals surface area contributed by atoms with Crippen LogP contribution in [0.25, 0.3) is 0 Å². The Hall–Kier alpha value is -2.15. The fourth-order valence-electron chi connectivity index (χ4n) is 2.77. The molecule has 1 saturated heterocycles. The van der Waals surface area contributed by atoms with Crippen LogP contribution in [0.15, 0.2) is 28.1 Å². The maximum absolute atomic E-state index is 12.4. The molecule has 6 nitrogen and oxygen atoms in total. The number of rotatable bonds is 5. The molecule has 1 atom stereocenters. The number of carbonyl (C=O) groups excluding carboxylic acids is 2. The van der Waals surface area contributed by atoms with E-state index in [1.807, 2.05) is 17.5 Å². The number of aryl methyl sites for hydroxylation is 1. The van der Waals surface area contributed by atoms with Gasteiger partial charge in [-0.05, 0) is 31.2 Å². The lowest BCUT2D eigenvalue weighted by Crippen LogP contribution is -2.46. The number of aromatic nitrogens is 1. The first-order valence-corrected chi connectivity index (χ1v) is 8.52. The molecule has 2 aromatic heterocycles. The highest BCUT2D eigenvalue weighted by Crippen LogP contribution is 2.20. The van der Waals surface area contributed by atoms with Crippen molar-refractivity contribution < 1.29 is 14.0 Å². The lowest BCUT2D eigenvalue weighted by molar-refractivity contribution is -0.138. The highest BCUT2D eigenvalue weighted by atomic mass is 32.1. The summed E-state index contributed by atoms with van der Waals surface area (Å²) in [6.07, 6.45) is 3.54. The average Bonchev–Trinajstić information content (AvgIpc) is 3.26. The Morgan fingerprint density at radius 1 is 1.52 bits per heavy atom. The second kappa shape index (κ2) is 6.95. The van der Waals surface area contributed by atoms with Crippen LogP contribution in [0.2, 0.25) is 0 Å². The zero-order chi connectivity index (χ0) is 16.2. The van der Waals surface area contributed by atoms with Gasteiger partial charge in [-0.25, -0.2) is 4.98 Å². The van der Waals surface area contributed by atoms with Gasteiger partial charge >= 0.3 is 0 Å². The van der Waals surface area contributed by atoms with E-state index in [-0.39, 0.29) is 18.4 Å². The second-order valence-electron chi connectivity index (χ2n) is 5.58. The van der Waals surface area contributed by atoms with Gasteiger partial charge in [0.25, 0.3) is 0 Å². The third kappa shape index (κ3) is 3.79. The zero-order valence-electron chi connectivity index (χ0n) is 12.9. The standard InChI is InChI=1S/C16H19N3O3S/c1-11-9-17-14(22-11)10-18-16(21)13-5-2-6-19(13)15(20)8-12-4-3-7-23-12/h3-4,7,9,13H,2,5-6,8,10H2,1H3,(H,18,21)/t13-/m1/s1. The first-order valence-electron chi connectivity index (χ1n) is 7.64. The Bertz CT molecular complexity index is 681. The third-order valence-electron chi connectivity index (χ3n) is 3.86. The maximum Gasteiger partial charge on any atom is 0.243 e. The number of hydrogen-bond donors (Lipinski definition) is 1. The summed E-state index contributed by atoms with van der Waals surface area (Å²) in [4.78, 5) is 31.6. The number of amides is 2. The molecule has 0 aromatic carbocycles. The molecule has 1 aliphatic heterocycles. The number of hydrogen-bond acceptors (Lipinski definition) is 5. The monoisotopic (exact) mass is 333 g/mol. The van der Waals surface area contributed by atoms with Crippen LogP contribution in [-0.2, 0) is 22.6 Å². The molecule has 3 rings (SSSR count). The molecule has 0 saturated carbocycles. The van der Waals surface area contributed by atoms with Crippen LogP contribution in [0, 0.1) is 6.92 Å². The highest BCUT2D eigenvalue weighted by molar-refractivity contribution is 7.10. The number of nitrogens with one attached hydrogen (secondary N) is 1. The fraction of sp³-hybridized carbons (Fsp3) is 0.438. The quantitative estimate of drug-likeness (QED) is 0.907. The van der Waals surface area contributed by atoms with Crippen molar-refractivity contribution in [1.29, 1.82) is 0 Å². The predicted octanol–water partition coefficient (Wildman–Crippen LogP) is 1.89. The molecule has 2 aromatic rings. The van der Waals surface area contributed by atoms with Crippen LogP contribution < -0.4 is 5.32 Å². The van der Waals surface area contributed by atoms with E-state index in [1.165, 1.54) is 0 Å². The van der Waals surface area contributed by atoms with Gasteiger partial charge in [0, 0.05) is 11.4 Å². The van der Waals surface area contributed by atoms with Gasteiger partial charge in [-0.15, -0.1) is 11.3 Å². The topological polar surface area (TPSA) is 75.4 Å². The van der Waals surface area contributed by atoms with Gasteiger partial charge in [-0.2, -0.15) is 0 Å². The Labute approximate surface area is 138 Å². The average molecular weight is 333 g/mol. The van der Waals surface area contributed by atoms with Gasteiger partial charge in [-0.3, -0.25) is 9.59 Å². The van der Waals surface area contributed by atoms with E-state index in [2.05, 4.69) is 10.3 Å². The third-order valence-corrected chi connectivity index (χ3v) is 4.74. The van der Waals surface area contributed by atoms with Gasteiger partial charge in [0.15, 0.2) is 0 Å². The largest absolute Gasteiger partial charge is 0.444 e. The number of likely N-dealkylation sites (tertiary alicyclic amines) is 1. The van der Waals surface area contributed by atoms with E-state index < -0.39 is 6.04 Å². The normalized spacial score (nSPS) is 17.4. The second-order valence-corrected chi connectivity index (χ2v) is 6.62. The lowest BCUT2D eigenvalue weighted by atomic mass is 10.2. The van der Waals surface area contributed by atoms with Crippen molar-refractivity contribution in [3.8, 4) is 0 Å². The fourth-order valence-corrected chi connectivity index (χ4v) is 3.46. The Kier molecular flexibility index (Phi) is 4.76. The Balaban J connectivity index is 1.57. The van der Waals surface area contributed by atoms with Crippen LogP contribution in [0.5, 0.6) is 0 Å². The number of thiophene rings is 1. The molecular weight excluding hydrogens is 314 g/mol. The van der Waals surface area contributed by atoms with Gasteiger partial charge in [0.1, 0.15) is 11.8 Å². The summed E-state index contributed by atoms with van der Waals surface area (Å²) in [5, 5.41) is 4.76. The van der Waals surface area contributed by atoms with Gasteiger partial charge in [0.2, 0.25) is 17.7 Å². The van der Waals surface area contributed by atoms with Crippen LogP contribution >= 0.6 is 11.3 Å².